The van der Waals surface area contributed by atoms with Crippen LogP contribution in [0.25, 0.3) is 0 Å². The van der Waals surface area contributed by atoms with E-state index in [1.54, 1.807) is 0 Å². The minimum Gasteiger partial charge on any atom is -0.352 e. The molecular weight excluding hydrogens is 320 g/mol. The molecule has 7 nitrogen and oxygen atoms in total. The van der Waals surface area contributed by atoms with Gasteiger partial charge in [0.15, 0.2) is 0 Å². The van der Waals surface area contributed by atoms with Crippen molar-refractivity contribution in [3.05, 3.63) is 56.4 Å². The van der Waals surface area contributed by atoms with E-state index in [9.17, 15) is 14.9 Å². The number of aryl methyl sites for hydroxylation is 3. The van der Waals surface area contributed by atoms with Gasteiger partial charge in [-0.2, -0.15) is 5.10 Å². The Labute approximate surface area is 138 Å². The molecule has 0 aliphatic carbocycles. The van der Waals surface area contributed by atoms with Crippen molar-refractivity contribution in [2.75, 3.05) is 6.54 Å². The minimum absolute atomic E-state index is 0.00511. The third-order valence-corrected chi connectivity index (χ3v) is 3.57. The van der Waals surface area contributed by atoms with E-state index < -0.39 is 10.8 Å². The Balaban J connectivity index is 1.93. The van der Waals surface area contributed by atoms with Gasteiger partial charge in [0.25, 0.3) is 11.6 Å². The van der Waals surface area contributed by atoms with E-state index in [4.69, 9.17) is 11.6 Å². The third kappa shape index (κ3) is 4.29. The summed E-state index contributed by atoms with van der Waals surface area (Å²) < 4.78 is 1.87. The predicted molar refractivity (Wildman–Crippen MR) is 86.8 cm³/mol. The number of carbonyl (C=O) groups excluding carboxylic acids is 1. The average Bonchev–Trinajstić information content (AvgIpc) is 2.81. The van der Waals surface area contributed by atoms with Crippen LogP contribution in [-0.4, -0.2) is 27.2 Å². The molecule has 0 spiro atoms. The number of aromatic nitrogens is 2. The number of benzene rings is 1. The molecule has 1 heterocycles. The molecule has 2 aromatic rings. The van der Waals surface area contributed by atoms with Crippen LogP contribution in [0, 0.1) is 24.0 Å². The summed E-state index contributed by atoms with van der Waals surface area (Å²) in [5, 5.41) is 18.2. The minimum atomic E-state index is -0.614. The molecule has 0 radical (unpaired) electrons. The van der Waals surface area contributed by atoms with Gasteiger partial charge in [0.2, 0.25) is 0 Å². The normalized spacial score (nSPS) is 10.6. The van der Waals surface area contributed by atoms with Crippen molar-refractivity contribution in [1.82, 2.24) is 15.1 Å². The van der Waals surface area contributed by atoms with Crippen molar-refractivity contribution in [2.24, 2.45) is 0 Å². The highest BCUT2D eigenvalue weighted by molar-refractivity contribution is 6.31. The van der Waals surface area contributed by atoms with Crippen LogP contribution in [-0.2, 0) is 6.54 Å². The molecule has 0 unspecified atom stereocenters. The molecule has 0 saturated heterocycles. The maximum Gasteiger partial charge on any atom is 0.283 e. The van der Waals surface area contributed by atoms with Crippen molar-refractivity contribution in [2.45, 2.75) is 26.8 Å². The number of carbonyl (C=O) groups is 1. The topological polar surface area (TPSA) is 90.1 Å². The Morgan fingerprint density at radius 1 is 1.39 bits per heavy atom. The molecule has 0 bridgehead atoms. The van der Waals surface area contributed by atoms with Gasteiger partial charge in [0.1, 0.15) is 5.56 Å². The molecule has 0 aliphatic heterocycles. The number of nitrogens with zero attached hydrogens (tertiary/aromatic N) is 3. The molecule has 0 atom stereocenters. The summed E-state index contributed by atoms with van der Waals surface area (Å²) in [6.07, 6.45) is 0.676. The van der Waals surface area contributed by atoms with Crippen LogP contribution in [0.15, 0.2) is 24.3 Å². The van der Waals surface area contributed by atoms with Gasteiger partial charge in [0.05, 0.1) is 10.6 Å². The lowest BCUT2D eigenvalue weighted by Crippen LogP contribution is -2.26. The van der Waals surface area contributed by atoms with Crippen molar-refractivity contribution >= 4 is 23.2 Å². The zero-order valence-electron chi connectivity index (χ0n) is 12.9. The zero-order valence-corrected chi connectivity index (χ0v) is 13.6. The number of amides is 1. The average molecular weight is 337 g/mol. The maximum atomic E-state index is 12.1. The molecule has 122 valence electrons. The molecule has 1 amide bonds. The smallest absolute Gasteiger partial charge is 0.283 e. The second-order valence-electron chi connectivity index (χ2n) is 5.18. The third-order valence-electron chi connectivity index (χ3n) is 3.34. The van der Waals surface area contributed by atoms with Crippen molar-refractivity contribution < 1.29 is 9.72 Å². The first-order valence-corrected chi connectivity index (χ1v) is 7.49. The second-order valence-corrected chi connectivity index (χ2v) is 5.61. The molecule has 8 heteroatoms. The summed E-state index contributed by atoms with van der Waals surface area (Å²) in [5.41, 5.74) is 1.71. The standard InChI is InChI=1S/C15H17ClN4O3/c1-10-8-11(2)19(18-10)7-3-6-17-15(21)13-5-4-12(16)9-14(13)20(22)23/h4-5,8-9H,3,6-7H2,1-2H3,(H,17,21). The maximum absolute atomic E-state index is 12.1. The Hall–Kier alpha value is -2.41. The number of hydrogen-bond acceptors (Lipinski definition) is 4. The van der Waals surface area contributed by atoms with Crippen LogP contribution in [0.5, 0.6) is 0 Å². The van der Waals surface area contributed by atoms with Crippen LogP contribution < -0.4 is 5.32 Å². The Kier molecular flexibility index (Phi) is 5.33. The molecule has 1 aromatic carbocycles. The fraction of sp³-hybridized carbons (Fsp3) is 0.333. The molecule has 0 aliphatic rings. The molecule has 1 N–H and O–H groups in total. The molecule has 0 fully saturated rings. The predicted octanol–water partition coefficient (Wildman–Crippen LogP) is 2.88. The van der Waals surface area contributed by atoms with E-state index in [0.717, 1.165) is 11.4 Å². The highest BCUT2D eigenvalue weighted by Gasteiger charge is 2.20. The first kappa shape index (κ1) is 17.0. The van der Waals surface area contributed by atoms with Crippen molar-refractivity contribution in [1.29, 1.82) is 0 Å². The van der Waals surface area contributed by atoms with E-state index in [0.29, 0.717) is 19.5 Å². The van der Waals surface area contributed by atoms with Crippen LogP contribution in [0.4, 0.5) is 5.69 Å². The van der Waals surface area contributed by atoms with Gasteiger partial charge in [-0.05, 0) is 38.5 Å². The summed E-state index contributed by atoms with van der Waals surface area (Å²) >= 11 is 5.73. The largest absolute Gasteiger partial charge is 0.352 e. The van der Waals surface area contributed by atoms with Gasteiger partial charge in [-0.1, -0.05) is 11.6 Å². The van der Waals surface area contributed by atoms with Crippen molar-refractivity contribution in [3.8, 4) is 0 Å². The lowest BCUT2D eigenvalue weighted by molar-refractivity contribution is -0.385. The van der Waals surface area contributed by atoms with Gasteiger partial charge in [-0.15, -0.1) is 0 Å². The Morgan fingerprint density at radius 2 is 2.13 bits per heavy atom. The summed E-state index contributed by atoms with van der Waals surface area (Å²) in [5.74, 6) is -0.485. The van der Waals surface area contributed by atoms with Gasteiger partial charge < -0.3 is 5.32 Å². The monoisotopic (exact) mass is 336 g/mol. The van der Waals surface area contributed by atoms with Crippen molar-refractivity contribution in [3.63, 3.8) is 0 Å². The Bertz CT molecular complexity index is 742. The highest BCUT2D eigenvalue weighted by Crippen LogP contribution is 2.23. The lowest BCUT2D eigenvalue weighted by atomic mass is 10.1. The fourth-order valence-corrected chi connectivity index (χ4v) is 2.44. The molecule has 1 aromatic heterocycles. The summed E-state index contributed by atoms with van der Waals surface area (Å²) in [7, 11) is 0. The van der Waals surface area contributed by atoms with E-state index in [1.165, 1.54) is 18.2 Å². The van der Waals surface area contributed by atoms with Crippen LogP contribution in [0.1, 0.15) is 28.2 Å². The summed E-state index contributed by atoms with van der Waals surface area (Å²) in [6, 6.07) is 5.97. The van der Waals surface area contributed by atoms with Gasteiger partial charge in [-0.25, -0.2) is 0 Å². The SMILES string of the molecule is Cc1cc(C)n(CCCNC(=O)c2ccc(Cl)cc2[N+](=O)[O-])n1. The van der Waals surface area contributed by atoms with E-state index >= 15 is 0 Å². The fourth-order valence-electron chi connectivity index (χ4n) is 2.28. The lowest BCUT2D eigenvalue weighted by Gasteiger charge is -2.07. The number of nitro groups is 1. The summed E-state index contributed by atoms with van der Waals surface area (Å²) in [6.45, 7) is 4.96. The molecule has 2 rings (SSSR count). The Morgan fingerprint density at radius 3 is 2.74 bits per heavy atom. The number of nitro benzene ring substituents is 1. The van der Waals surface area contributed by atoms with E-state index in [1.807, 2.05) is 24.6 Å². The quantitative estimate of drug-likeness (QED) is 0.499. The number of halogens is 1. The molecule has 0 saturated carbocycles. The zero-order chi connectivity index (χ0) is 17.0. The van der Waals surface area contributed by atoms with Gasteiger partial charge in [-0.3, -0.25) is 19.6 Å². The van der Waals surface area contributed by atoms with Gasteiger partial charge >= 0.3 is 0 Å². The molecular formula is C15H17ClN4O3. The first-order valence-electron chi connectivity index (χ1n) is 7.11. The number of nitrogens with one attached hydrogen (secondary N) is 1. The second kappa shape index (κ2) is 7.23. The number of hydrogen-bond donors (Lipinski definition) is 1. The van der Waals surface area contributed by atoms with Crippen LogP contribution >= 0.6 is 11.6 Å². The van der Waals surface area contributed by atoms with E-state index in [-0.39, 0.29) is 16.3 Å². The highest BCUT2D eigenvalue weighted by atomic mass is 35.5. The first-order chi connectivity index (χ1) is 10.9. The summed E-state index contributed by atoms with van der Waals surface area (Å²) in [4.78, 5) is 22.5. The number of rotatable bonds is 6. The molecule has 23 heavy (non-hydrogen) atoms. The van der Waals surface area contributed by atoms with Gasteiger partial charge in [0, 0.05) is 29.9 Å². The van der Waals surface area contributed by atoms with E-state index in [2.05, 4.69) is 10.4 Å². The van der Waals surface area contributed by atoms with Crippen LogP contribution in [0.3, 0.4) is 0 Å². The van der Waals surface area contributed by atoms with Crippen LogP contribution in [0.2, 0.25) is 5.02 Å².